The fourth-order valence-electron chi connectivity index (χ4n) is 4.14. The molecular weight excluding hydrogens is 314 g/mol. The maximum atomic E-state index is 12.7. The lowest BCUT2D eigenvalue weighted by Crippen LogP contribution is -2.45. The highest BCUT2D eigenvalue weighted by molar-refractivity contribution is 7.88. The molecule has 6 nitrogen and oxygen atoms in total. The molecule has 0 aromatic rings. The van der Waals surface area contributed by atoms with E-state index in [-0.39, 0.29) is 12.3 Å². The standard InChI is InChI=1S/C16H25N3O3S/c1-11-15(12(2)18-23(21,22)17-11)9-16(20)19-8-7-13-5-3-4-6-14(13)10-19/h13-14,17H,3-10H2,1-2H3/t13-,14-/m0/s1. The zero-order valence-electron chi connectivity index (χ0n) is 13.8. The lowest BCUT2D eigenvalue weighted by molar-refractivity contribution is -0.133. The Labute approximate surface area is 138 Å². The largest absolute Gasteiger partial charge is 0.342 e. The lowest BCUT2D eigenvalue weighted by Gasteiger charge is -2.41. The molecule has 2 atom stereocenters. The summed E-state index contributed by atoms with van der Waals surface area (Å²) >= 11 is 0. The molecule has 1 saturated carbocycles. The summed E-state index contributed by atoms with van der Waals surface area (Å²) in [5, 5.41) is 0. The van der Waals surface area contributed by atoms with E-state index in [0.717, 1.165) is 25.4 Å². The van der Waals surface area contributed by atoms with E-state index >= 15 is 0 Å². The first-order valence-corrected chi connectivity index (χ1v) is 9.87. The van der Waals surface area contributed by atoms with Gasteiger partial charge in [0.2, 0.25) is 5.91 Å². The van der Waals surface area contributed by atoms with Crippen molar-refractivity contribution in [2.75, 3.05) is 13.1 Å². The van der Waals surface area contributed by atoms with Crippen molar-refractivity contribution in [3.8, 4) is 0 Å². The Balaban J connectivity index is 1.67. The highest BCUT2D eigenvalue weighted by Crippen LogP contribution is 2.36. The van der Waals surface area contributed by atoms with E-state index in [1.54, 1.807) is 13.8 Å². The van der Waals surface area contributed by atoms with E-state index in [0.29, 0.717) is 22.9 Å². The number of hydrogen-bond donors (Lipinski definition) is 1. The van der Waals surface area contributed by atoms with Crippen LogP contribution in [0.1, 0.15) is 52.4 Å². The van der Waals surface area contributed by atoms with Crippen LogP contribution in [0.2, 0.25) is 0 Å². The van der Waals surface area contributed by atoms with Gasteiger partial charge in [-0.05, 0) is 38.5 Å². The molecule has 2 fully saturated rings. The van der Waals surface area contributed by atoms with E-state index in [9.17, 15) is 13.2 Å². The van der Waals surface area contributed by atoms with Crippen LogP contribution in [-0.4, -0.2) is 38.0 Å². The van der Waals surface area contributed by atoms with Crippen LogP contribution in [0.4, 0.5) is 0 Å². The SMILES string of the molecule is CC1=NS(=O)(=O)NC(C)=C1CC(=O)N1CC[C@@H]2CCCC[C@H]2C1. The van der Waals surface area contributed by atoms with Gasteiger partial charge in [-0.2, -0.15) is 8.42 Å². The minimum atomic E-state index is -3.64. The van der Waals surface area contributed by atoms with Crippen LogP contribution < -0.4 is 4.72 Å². The summed E-state index contributed by atoms with van der Waals surface area (Å²) in [6.07, 6.45) is 6.48. The Morgan fingerprint density at radius 2 is 1.91 bits per heavy atom. The summed E-state index contributed by atoms with van der Waals surface area (Å²) in [5.41, 5.74) is 1.64. The van der Waals surface area contributed by atoms with E-state index in [1.807, 2.05) is 4.90 Å². The topological polar surface area (TPSA) is 78.8 Å². The second-order valence-corrected chi connectivity index (χ2v) is 8.30. The molecule has 3 rings (SSSR count). The fourth-order valence-corrected chi connectivity index (χ4v) is 5.16. The summed E-state index contributed by atoms with van der Waals surface area (Å²) in [7, 11) is -3.64. The summed E-state index contributed by atoms with van der Waals surface area (Å²) in [6, 6.07) is 0. The van der Waals surface area contributed by atoms with Crippen molar-refractivity contribution in [3.63, 3.8) is 0 Å². The zero-order chi connectivity index (χ0) is 16.6. The number of likely N-dealkylation sites (tertiary alicyclic amines) is 1. The van der Waals surface area contributed by atoms with Crippen molar-refractivity contribution in [3.05, 3.63) is 11.3 Å². The first-order valence-electron chi connectivity index (χ1n) is 8.43. The van der Waals surface area contributed by atoms with Gasteiger partial charge in [0.15, 0.2) is 0 Å². The van der Waals surface area contributed by atoms with Crippen LogP contribution in [-0.2, 0) is 15.0 Å². The zero-order valence-corrected chi connectivity index (χ0v) is 14.7. The van der Waals surface area contributed by atoms with Crippen molar-refractivity contribution >= 4 is 21.8 Å². The van der Waals surface area contributed by atoms with Gasteiger partial charge in [0, 0.05) is 24.4 Å². The van der Waals surface area contributed by atoms with Gasteiger partial charge in [-0.1, -0.05) is 19.3 Å². The Morgan fingerprint density at radius 3 is 2.61 bits per heavy atom. The van der Waals surface area contributed by atoms with E-state index in [2.05, 4.69) is 9.12 Å². The van der Waals surface area contributed by atoms with Gasteiger partial charge in [0.1, 0.15) is 0 Å². The van der Waals surface area contributed by atoms with E-state index < -0.39 is 10.2 Å². The Hall–Kier alpha value is -1.37. The number of hydrogen-bond acceptors (Lipinski definition) is 3. The van der Waals surface area contributed by atoms with Crippen molar-refractivity contribution < 1.29 is 13.2 Å². The number of piperidine rings is 1. The van der Waals surface area contributed by atoms with Crippen LogP contribution in [0.5, 0.6) is 0 Å². The van der Waals surface area contributed by atoms with Gasteiger partial charge < -0.3 is 4.90 Å². The molecule has 128 valence electrons. The molecule has 0 radical (unpaired) electrons. The molecular formula is C16H25N3O3S. The van der Waals surface area contributed by atoms with Gasteiger partial charge in [0.05, 0.1) is 12.1 Å². The summed E-state index contributed by atoms with van der Waals surface area (Å²) < 4.78 is 29.1. The Bertz CT molecular complexity index is 666. The molecule has 2 aliphatic heterocycles. The van der Waals surface area contributed by atoms with Gasteiger partial charge in [-0.25, -0.2) is 0 Å². The molecule has 1 amide bonds. The average molecular weight is 339 g/mol. The third kappa shape index (κ3) is 3.59. The third-order valence-electron chi connectivity index (χ3n) is 5.40. The molecule has 0 bridgehead atoms. The summed E-state index contributed by atoms with van der Waals surface area (Å²) in [6.45, 7) is 5.02. The van der Waals surface area contributed by atoms with Crippen molar-refractivity contribution in [2.24, 2.45) is 16.2 Å². The van der Waals surface area contributed by atoms with E-state index in [1.165, 1.54) is 25.7 Å². The number of nitrogens with one attached hydrogen (secondary N) is 1. The van der Waals surface area contributed by atoms with Gasteiger partial charge >= 0.3 is 10.2 Å². The van der Waals surface area contributed by atoms with Crippen LogP contribution in [0.15, 0.2) is 15.7 Å². The van der Waals surface area contributed by atoms with Crippen molar-refractivity contribution in [2.45, 2.75) is 52.4 Å². The van der Waals surface area contributed by atoms with E-state index in [4.69, 9.17) is 0 Å². The highest BCUT2D eigenvalue weighted by atomic mass is 32.2. The van der Waals surface area contributed by atoms with Gasteiger partial charge in [-0.3, -0.25) is 9.52 Å². The first-order chi connectivity index (χ1) is 10.9. The minimum Gasteiger partial charge on any atom is -0.342 e. The number of allylic oxidation sites excluding steroid dienone is 1. The number of carbonyl (C=O) groups is 1. The predicted molar refractivity (Wildman–Crippen MR) is 89.1 cm³/mol. The predicted octanol–water partition coefficient (Wildman–Crippen LogP) is 2.00. The second-order valence-electron chi connectivity index (χ2n) is 6.97. The Kier molecular flexibility index (Phi) is 4.49. The Morgan fingerprint density at radius 1 is 1.22 bits per heavy atom. The number of nitrogens with zero attached hydrogens (tertiary/aromatic N) is 2. The average Bonchev–Trinajstić information content (AvgIpc) is 2.49. The highest BCUT2D eigenvalue weighted by Gasteiger charge is 2.33. The molecule has 3 aliphatic rings. The van der Waals surface area contributed by atoms with Crippen LogP contribution in [0.25, 0.3) is 0 Å². The second kappa shape index (κ2) is 6.26. The monoisotopic (exact) mass is 339 g/mol. The molecule has 1 N–H and O–H groups in total. The van der Waals surface area contributed by atoms with Crippen LogP contribution in [0.3, 0.4) is 0 Å². The van der Waals surface area contributed by atoms with Gasteiger partial charge in [0.25, 0.3) is 0 Å². The molecule has 2 heterocycles. The maximum absolute atomic E-state index is 12.7. The molecule has 1 saturated heterocycles. The lowest BCUT2D eigenvalue weighted by atomic mass is 9.75. The molecule has 0 unspecified atom stereocenters. The molecule has 23 heavy (non-hydrogen) atoms. The number of carbonyl (C=O) groups excluding carboxylic acids is 1. The van der Waals surface area contributed by atoms with Crippen LogP contribution in [0, 0.1) is 11.8 Å². The van der Waals surface area contributed by atoms with Gasteiger partial charge in [-0.15, -0.1) is 4.40 Å². The summed E-state index contributed by atoms with van der Waals surface area (Å²) in [4.78, 5) is 14.6. The number of amides is 1. The first kappa shape index (κ1) is 16.5. The molecule has 1 aliphatic carbocycles. The maximum Gasteiger partial charge on any atom is 0.342 e. The molecule has 0 aromatic carbocycles. The number of fused-ring (bicyclic) bond motifs is 1. The van der Waals surface area contributed by atoms with Crippen molar-refractivity contribution in [1.82, 2.24) is 9.62 Å². The minimum absolute atomic E-state index is 0.0824. The molecule has 7 heteroatoms. The molecule has 0 spiro atoms. The molecule has 0 aromatic heterocycles. The number of rotatable bonds is 2. The fraction of sp³-hybridized carbons (Fsp3) is 0.750. The normalized spacial score (nSPS) is 30.3. The third-order valence-corrected chi connectivity index (χ3v) is 6.48. The summed E-state index contributed by atoms with van der Waals surface area (Å²) in [5.74, 6) is 1.52. The quantitative estimate of drug-likeness (QED) is 0.836. The smallest absolute Gasteiger partial charge is 0.342 e. The van der Waals surface area contributed by atoms with Crippen molar-refractivity contribution in [1.29, 1.82) is 0 Å². The van der Waals surface area contributed by atoms with Crippen LogP contribution >= 0.6 is 0 Å².